The van der Waals surface area contributed by atoms with Crippen LogP contribution in [-0.2, 0) is 6.42 Å². The van der Waals surface area contributed by atoms with E-state index in [4.69, 9.17) is 11.6 Å². The molecule has 0 radical (unpaired) electrons. The van der Waals surface area contributed by atoms with Gasteiger partial charge in [0, 0.05) is 38.2 Å². The average molecular weight is 304 g/mol. The SMILES string of the molecule is CCNC(Cc1ccncc1Cl)c1cccc(N(C)C)c1. The highest BCUT2D eigenvalue weighted by atomic mass is 35.5. The molecule has 0 amide bonds. The third-order valence-electron chi connectivity index (χ3n) is 3.52. The highest BCUT2D eigenvalue weighted by Crippen LogP contribution is 2.25. The van der Waals surface area contributed by atoms with E-state index in [2.05, 4.69) is 60.5 Å². The van der Waals surface area contributed by atoms with Crippen LogP contribution in [0, 0.1) is 0 Å². The van der Waals surface area contributed by atoms with Gasteiger partial charge in [-0.3, -0.25) is 4.98 Å². The molecule has 0 spiro atoms. The van der Waals surface area contributed by atoms with Crippen LogP contribution in [0.15, 0.2) is 42.7 Å². The first-order chi connectivity index (χ1) is 10.1. The molecule has 1 atom stereocenters. The standard InChI is InChI=1S/C17H22ClN3/c1-4-20-17(11-13-8-9-19-12-16(13)18)14-6-5-7-15(10-14)21(2)3/h5-10,12,17,20H,4,11H2,1-3H3. The minimum Gasteiger partial charge on any atom is -0.378 e. The average Bonchev–Trinajstić information content (AvgIpc) is 2.49. The Bertz CT molecular complexity index is 584. The third kappa shape index (κ3) is 4.19. The molecule has 3 nitrogen and oxygen atoms in total. The smallest absolute Gasteiger partial charge is 0.0622 e. The molecule has 0 fully saturated rings. The van der Waals surface area contributed by atoms with Gasteiger partial charge in [-0.2, -0.15) is 0 Å². The molecule has 1 unspecified atom stereocenters. The van der Waals surface area contributed by atoms with Crippen molar-refractivity contribution in [2.24, 2.45) is 0 Å². The van der Waals surface area contributed by atoms with E-state index in [1.807, 2.05) is 6.07 Å². The van der Waals surface area contributed by atoms with Crippen LogP contribution in [0.3, 0.4) is 0 Å². The second-order valence-corrected chi connectivity index (χ2v) is 5.68. The molecule has 2 rings (SSSR count). The number of hydrogen-bond acceptors (Lipinski definition) is 3. The highest BCUT2D eigenvalue weighted by molar-refractivity contribution is 6.31. The summed E-state index contributed by atoms with van der Waals surface area (Å²) >= 11 is 6.24. The Balaban J connectivity index is 2.26. The van der Waals surface area contributed by atoms with Gasteiger partial charge in [0.25, 0.3) is 0 Å². The second-order valence-electron chi connectivity index (χ2n) is 5.27. The van der Waals surface area contributed by atoms with Crippen molar-refractivity contribution in [3.8, 4) is 0 Å². The van der Waals surface area contributed by atoms with E-state index in [9.17, 15) is 0 Å². The van der Waals surface area contributed by atoms with Crippen molar-refractivity contribution in [2.75, 3.05) is 25.5 Å². The van der Waals surface area contributed by atoms with E-state index in [1.54, 1.807) is 12.4 Å². The van der Waals surface area contributed by atoms with Crippen molar-refractivity contribution >= 4 is 17.3 Å². The van der Waals surface area contributed by atoms with E-state index in [0.717, 1.165) is 23.6 Å². The molecule has 112 valence electrons. The monoisotopic (exact) mass is 303 g/mol. The summed E-state index contributed by atoms with van der Waals surface area (Å²) in [6.45, 7) is 3.04. The van der Waals surface area contributed by atoms with Gasteiger partial charge < -0.3 is 10.2 Å². The van der Waals surface area contributed by atoms with Gasteiger partial charge in [0.2, 0.25) is 0 Å². The third-order valence-corrected chi connectivity index (χ3v) is 3.86. The molecule has 21 heavy (non-hydrogen) atoms. The van der Waals surface area contributed by atoms with E-state index in [1.165, 1.54) is 11.3 Å². The summed E-state index contributed by atoms with van der Waals surface area (Å²) in [5.74, 6) is 0. The normalized spacial score (nSPS) is 12.2. The van der Waals surface area contributed by atoms with E-state index in [0.29, 0.717) is 0 Å². The Morgan fingerprint density at radius 3 is 2.76 bits per heavy atom. The molecule has 0 aliphatic rings. The number of likely N-dealkylation sites (N-methyl/N-ethyl adjacent to an activating group) is 1. The summed E-state index contributed by atoms with van der Waals surface area (Å²) < 4.78 is 0. The molecular weight excluding hydrogens is 282 g/mol. The van der Waals surface area contributed by atoms with Crippen molar-refractivity contribution in [2.45, 2.75) is 19.4 Å². The first kappa shape index (κ1) is 15.8. The largest absolute Gasteiger partial charge is 0.378 e. The van der Waals surface area contributed by atoms with Crippen molar-refractivity contribution in [3.05, 3.63) is 58.9 Å². The lowest BCUT2D eigenvalue weighted by molar-refractivity contribution is 0.549. The van der Waals surface area contributed by atoms with Crippen LogP contribution in [0.1, 0.15) is 24.1 Å². The van der Waals surface area contributed by atoms with E-state index in [-0.39, 0.29) is 6.04 Å². The quantitative estimate of drug-likeness (QED) is 0.882. The summed E-state index contributed by atoms with van der Waals surface area (Å²) in [5, 5.41) is 4.27. The predicted molar refractivity (Wildman–Crippen MR) is 90.1 cm³/mol. The van der Waals surface area contributed by atoms with Crippen LogP contribution >= 0.6 is 11.6 Å². The zero-order chi connectivity index (χ0) is 15.2. The predicted octanol–water partition coefficient (Wildman–Crippen LogP) is 3.69. The lowest BCUT2D eigenvalue weighted by atomic mass is 9.98. The Labute approximate surface area is 132 Å². The van der Waals surface area contributed by atoms with Crippen LogP contribution in [-0.4, -0.2) is 25.6 Å². The van der Waals surface area contributed by atoms with Crippen molar-refractivity contribution in [1.82, 2.24) is 10.3 Å². The zero-order valence-electron chi connectivity index (χ0n) is 12.8. The molecule has 0 saturated carbocycles. The van der Waals surface area contributed by atoms with E-state index < -0.39 is 0 Å². The molecule has 1 aromatic carbocycles. The van der Waals surface area contributed by atoms with Gasteiger partial charge in [-0.15, -0.1) is 0 Å². The van der Waals surface area contributed by atoms with Crippen molar-refractivity contribution in [1.29, 1.82) is 0 Å². The number of benzene rings is 1. The van der Waals surface area contributed by atoms with Crippen LogP contribution in [0.5, 0.6) is 0 Å². The number of nitrogens with one attached hydrogen (secondary N) is 1. The fourth-order valence-corrected chi connectivity index (χ4v) is 2.56. The van der Waals surface area contributed by atoms with Gasteiger partial charge in [0.05, 0.1) is 5.02 Å². The Morgan fingerprint density at radius 1 is 1.29 bits per heavy atom. The van der Waals surface area contributed by atoms with Crippen molar-refractivity contribution in [3.63, 3.8) is 0 Å². The molecule has 0 saturated heterocycles. The van der Waals surface area contributed by atoms with Gasteiger partial charge in [-0.1, -0.05) is 30.7 Å². The summed E-state index contributed by atoms with van der Waals surface area (Å²) in [6, 6.07) is 10.8. The van der Waals surface area contributed by atoms with Crippen LogP contribution in [0.2, 0.25) is 5.02 Å². The second kappa shape index (κ2) is 7.43. The Kier molecular flexibility index (Phi) is 5.59. The molecule has 1 heterocycles. The number of rotatable bonds is 6. The number of anilines is 1. The summed E-state index contributed by atoms with van der Waals surface area (Å²) in [4.78, 5) is 6.17. The zero-order valence-corrected chi connectivity index (χ0v) is 13.6. The molecule has 0 bridgehead atoms. The number of pyridine rings is 1. The van der Waals surface area contributed by atoms with Gasteiger partial charge in [0.15, 0.2) is 0 Å². The fourth-order valence-electron chi connectivity index (χ4n) is 2.36. The maximum Gasteiger partial charge on any atom is 0.0622 e. The maximum atomic E-state index is 6.24. The molecule has 4 heteroatoms. The Hall–Kier alpha value is -1.58. The summed E-state index contributed by atoms with van der Waals surface area (Å²) in [6.07, 6.45) is 4.35. The molecule has 2 aromatic rings. The number of nitrogens with zero attached hydrogens (tertiary/aromatic N) is 2. The number of hydrogen-bond donors (Lipinski definition) is 1. The van der Waals surface area contributed by atoms with Crippen LogP contribution < -0.4 is 10.2 Å². The molecule has 0 aliphatic heterocycles. The lowest BCUT2D eigenvalue weighted by Crippen LogP contribution is -2.23. The van der Waals surface area contributed by atoms with Crippen molar-refractivity contribution < 1.29 is 0 Å². The Morgan fingerprint density at radius 2 is 2.10 bits per heavy atom. The van der Waals surface area contributed by atoms with E-state index >= 15 is 0 Å². The minimum absolute atomic E-state index is 0.245. The van der Waals surface area contributed by atoms with Gasteiger partial charge in [-0.05, 0) is 42.3 Å². The first-order valence-corrected chi connectivity index (χ1v) is 7.58. The topological polar surface area (TPSA) is 28.2 Å². The van der Waals surface area contributed by atoms with Gasteiger partial charge in [-0.25, -0.2) is 0 Å². The van der Waals surface area contributed by atoms with Gasteiger partial charge >= 0.3 is 0 Å². The molecule has 0 aliphatic carbocycles. The van der Waals surface area contributed by atoms with Crippen LogP contribution in [0.25, 0.3) is 0 Å². The first-order valence-electron chi connectivity index (χ1n) is 7.21. The molecule has 1 N–H and O–H groups in total. The van der Waals surface area contributed by atoms with Crippen LogP contribution in [0.4, 0.5) is 5.69 Å². The van der Waals surface area contributed by atoms with Gasteiger partial charge in [0.1, 0.15) is 0 Å². The fraction of sp³-hybridized carbons (Fsp3) is 0.353. The minimum atomic E-state index is 0.245. The lowest BCUT2D eigenvalue weighted by Gasteiger charge is -2.21. The summed E-state index contributed by atoms with van der Waals surface area (Å²) in [7, 11) is 4.11. The highest BCUT2D eigenvalue weighted by Gasteiger charge is 2.14. The molecule has 1 aromatic heterocycles. The molecular formula is C17H22ClN3. The number of aromatic nitrogens is 1. The maximum absolute atomic E-state index is 6.24. The summed E-state index contributed by atoms with van der Waals surface area (Å²) in [5.41, 5.74) is 3.60. The number of halogens is 1.